The average molecular weight is 725 g/mol. The lowest BCUT2D eigenvalue weighted by Gasteiger charge is -2.48. The first kappa shape index (κ1) is 40.1. The molecule has 19 nitrogen and oxygen atoms in total. The topological polar surface area (TPSA) is 271 Å². The average Bonchev–Trinajstić information content (AvgIpc) is 3.11. The van der Waals surface area contributed by atoms with Crippen molar-refractivity contribution in [2.24, 2.45) is 15.3 Å². The summed E-state index contributed by atoms with van der Waals surface area (Å²) in [5.41, 5.74) is 29.3. The van der Waals surface area contributed by atoms with Crippen LogP contribution in [0.3, 0.4) is 0 Å². The molecule has 2 aromatic rings. The van der Waals surface area contributed by atoms with Gasteiger partial charge in [0.25, 0.3) is 0 Å². The maximum atomic E-state index is 12.7. The Kier molecular flexibility index (Phi) is 15.3. The van der Waals surface area contributed by atoms with Gasteiger partial charge in [0.2, 0.25) is 0 Å². The Morgan fingerprint density at radius 1 is 0.885 bits per heavy atom. The van der Waals surface area contributed by atoms with Crippen molar-refractivity contribution in [3.8, 4) is 0 Å². The number of ether oxygens (including phenoxy) is 6. The van der Waals surface area contributed by atoms with Crippen LogP contribution in [0.5, 0.6) is 0 Å². The quantitative estimate of drug-likeness (QED) is 0.120. The minimum absolute atomic E-state index is 0.0671. The largest absolute Gasteiger partial charge is 0.444 e. The van der Waals surface area contributed by atoms with Gasteiger partial charge in [-0.15, -0.1) is 0 Å². The molecule has 19 heteroatoms. The van der Waals surface area contributed by atoms with Gasteiger partial charge in [-0.25, -0.2) is 4.79 Å². The second-order valence-electron chi connectivity index (χ2n) is 13.1. The van der Waals surface area contributed by atoms with Crippen molar-refractivity contribution in [2.75, 3.05) is 19.8 Å². The fourth-order valence-electron chi connectivity index (χ4n) is 6.07. The number of carbonyl (C=O) groups is 1. The van der Waals surface area contributed by atoms with E-state index < -0.39 is 79.3 Å². The van der Waals surface area contributed by atoms with Crippen molar-refractivity contribution >= 4 is 6.09 Å². The van der Waals surface area contributed by atoms with E-state index in [9.17, 15) is 31.6 Å². The molecule has 3 N–H and O–H groups in total. The Labute approximate surface area is 300 Å². The number of rotatable bonds is 16. The molecule has 52 heavy (non-hydrogen) atoms. The molecule has 2 fully saturated rings. The summed E-state index contributed by atoms with van der Waals surface area (Å²) in [7, 11) is 0. The first-order valence-electron chi connectivity index (χ1n) is 16.7. The van der Waals surface area contributed by atoms with Crippen LogP contribution >= 0.6 is 0 Å². The Hall–Kier alpha value is -4.64. The van der Waals surface area contributed by atoms with E-state index in [4.69, 9.17) is 28.4 Å². The molecule has 5 unspecified atom stereocenters. The molecule has 280 valence electrons. The fourth-order valence-corrected chi connectivity index (χ4v) is 6.07. The number of hydrogen-bond donors (Lipinski definition) is 3. The van der Waals surface area contributed by atoms with Gasteiger partial charge in [0, 0.05) is 14.7 Å². The molecule has 2 aromatic carbocycles. The van der Waals surface area contributed by atoms with Gasteiger partial charge < -0.3 is 44.0 Å². The van der Waals surface area contributed by atoms with Crippen LogP contribution in [0, 0.1) is 0 Å². The Morgan fingerprint density at radius 2 is 1.50 bits per heavy atom. The highest BCUT2D eigenvalue weighted by Gasteiger charge is 2.52. The van der Waals surface area contributed by atoms with E-state index in [1.807, 2.05) is 60.7 Å². The van der Waals surface area contributed by atoms with E-state index in [1.165, 1.54) is 0 Å². The molecule has 1 saturated heterocycles. The zero-order valence-corrected chi connectivity index (χ0v) is 29.1. The predicted octanol–water partition coefficient (Wildman–Crippen LogP) is 4.97. The third kappa shape index (κ3) is 11.4. The minimum Gasteiger partial charge on any atom is -0.444 e. The number of nitrogens with one attached hydrogen (secondary N) is 1. The van der Waals surface area contributed by atoms with Crippen LogP contribution in [0.25, 0.3) is 31.3 Å². The lowest BCUT2D eigenvalue weighted by molar-refractivity contribution is -0.301. The van der Waals surface area contributed by atoms with Gasteiger partial charge in [-0.05, 0) is 54.9 Å². The van der Waals surface area contributed by atoms with Gasteiger partial charge in [0.1, 0.15) is 36.1 Å². The number of carbonyl (C=O) groups excluding carboxylic acids is 1. The number of amides is 1. The Bertz CT molecular complexity index is 1570. The van der Waals surface area contributed by atoms with Crippen LogP contribution in [0.1, 0.15) is 38.3 Å². The van der Waals surface area contributed by atoms with Crippen LogP contribution in [-0.4, -0.2) is 103 Å². The highest BCUT2D eigenvalue weighted by atomic mass is 16.7. The van der Waals surface area contributed by atoms with Gasteiger partial charge in [0.15, 0.2) is 6.29 Å². The highest BCUT2D eigenvalue weighted by molar-refractivity contribution is 5.68. The van der Waals surface area contributed by atoms with E-state index in [0.717, 1.165) is 11.1 Å². The van der Waals surface area contributed by atoms with E-state index in [1.54, 1.807) is 20.8 Å². The van der Waals surface area contributed by atoms with Crippen molar-refractivity contribution in [3.63, 3.8) is 0 Å². The Balaban J connectivity index is 1.69. The normalized spacial score (nSPS) is 28.7. The van der Waals surface area contributed by atoms with E-state index in [0.29, 0.717) is 0 Å². The fraction of sp³-hybridized carbons (Fsp3) is 0.606. The number of aliphatic hydroxyl groups is 2. The summed E-state index contributed by atoms with van der Waals surface area (Å²) in [6, 6.07) is 15.2. The van der Waals surface area contributed by atoms with Crippen molar-refractivity contribution in [3.05, 3.63) is 103 Å². The molecule has 1 aliphatic heterocycles. The van der Waals surface area contributed by atoms with Crippen molar-refractivity contribution in [2.45, 2.75) is 107 Å². The maximum absolute atomic E-state index is 12.7. The molecule has 4 rings (SSSR count). The van der Waals surface area contributed by atoms with E-state index in [2.05, 4.69) is 35.4 Å². The second kappa shape index (κ2) is 19.8. The van der Waals surface area contributed by atoms with Gasteiger partial charge in [-0.1, -0.05) is 76.0 Å². The third-order valence-electron chi connectivity index (χ3n) is 8.23. The molecule has 2 aliphatic rings. The first-order valence-corrected chi connectivity index (χ1v) is 16.7. The van der Waals surface area contributed by atoms with Gasteiger partial charge in [-0.3, -0.25) is 0 Å². The molecular formula is C33H44N10O9. The summed E-state index contributed by atoms with van der Waals surface area (Å²) in [6.45, 7) is 4.38. The third-order valence-corrected chi connectivity index (χ3v) is 8.23. The highest BCUT2D eigenvalue weighted by Crippen LogP contribution is 2.35. The number of benzene rings is 2. The monoisotopic (exact) mass is 724 g/mol. The van der Waals surface area contributed by atoms with Gasteiger partial charge in [-0.2, -0.15) is 0 Å². The van der Waals surface area contributed by atoms with Crippen LogP contribution in [-0.2, 0) is 41.6 Å². The Morgan fingerprint density at radius 3 is 2.06 bits per heavy atom. The number of nitrogens with zero attached hydrogens (tertiary/aromatic N) is 9. The molecule has 1 heterocycles. The van der Waals surface area contributed by atoms with Crippen LogP contribution in [0.4, 0.5) is 4.79 Å². The standard InChI is InChI=1S/C33H44N10O9/c1-33(2,3)52-32(46)38-22-16-23(39-42-35)28(26(45)27(22)47-15-14-44)51-31-25(40-43-36)30(49-19-21-12-8-5-9-13-21)29(24(50-31)17-37-41-34)48-18-20-10-6-4-7-11-20/h4-13,22-31,44-45H,14-19H2,1-3H3,(H,38,46)/t22-,23?,24?,25?,26-,27?,28?,29-,30-,31-/m1/s1. The van der Waals surface area contributed by atoms with Crippen LogP contribution < -0.4 is 5.32 Å². The molecule has 0 aromatic heterocycles. The summed E-state index contributed by atoms with van der Waals surface area (Å²) < 4.78 is 36.6. The van der Waals surface area contributed by atoms with Gasteiger partial charge in [0.05, 0.1) is 57.3 Å². The minimum atomic E-state index is -1.59. The van der Waals surface area contributed by atoms with E-state index in [-0.39, 0.29) is 32.8 Å². The number of hydrogen-bond acceptors (Lipinski definition) is 12. The predicted molar refractivity (Wildman–Crippen MR) is 184 cm³/mol. The number of aliphatic hydroxyl groups excluding tert-OH is 2. The maximum Gasteiger partial charge on any atom is 0.407 e. The number of azide groups is 3. The van der Waals surface area contributed by atoms with Gasteiger partial charge >= 0.3 is 6.09 Å². The molecule has 0 radical (unpaired) electrons. The molecule has 1 aliphatic carbocycles. The molecule has 1 amide bonds. The SMILES string of the molecule is CC(C)(C)OC(=O)N[C@@H]1CC(N=[N+]=[N-])C(O[C@H]2OC(CN=[N+]=[N-])[C@@H](OCc3ccccc3)[C@H](OCc3ccccc3)C2N=[N+]=[N-])[C@H](O)C1OCCO. The second-order valence-corrected chi connectivity index (χ2v) is 13.1. The zero-order valence-electron chi connectivity index (χ0n) is 29.1. The number of alkyl carbamates (subject to hydrolysis) is 1. The zero-order chi connectivity index (χ0) is 37.5. The molecule has 1 saturated carbocycles. The van der Waals surface area contributed by atoms with Crippen LogP contribution in [0.2, 0.25) is 0 Å². The molecule has 0 bridgehead atoms. The summed E-state index contributed by atoms with van der Waals surface area (Å²) in [6.07, 6.45) is -9.46. The van der Waals surface area contributed by atoms with Crippen LogP contribution in [0.15, 0.2) is 76.0 Å². The lowest BCUT2D eigenvalue weighted by Crippen LogP contribution is -2.65. The smallest absolute Gasteiger partial charge is 0.407 e. The summed E-state index contributed by atoms with van der Waals surface area (Å²) in [5.74, 6) is 0. The van der Waals surface area contributed by atoms with Crippen molar-refractivity contribution < 1.29 is 43.4 Å². The summed E-state index contributed by atoms with van der Waals surface area (Å²) in [4.78, 5) is 21.6. The first-order chi connectivity index (χ1) is 25.1. The van der Waals surface area contributed by atoms with E-state index >= 15 is 0 Å². The lowest BCUT2D eigenvalue weighted by atomic mass is 9.83. The van der Waals surface area contributed by atoms with Crippen molar-refractivity contribution in [1.29, 1.82) is 0 Å². The molecule has 10 atom stereocenters. The summed E-state index contributed by atoms with van der Waals surface area (Å²) in [5, 5.41) is 35.5. The van der Waals surface area contributed by atoms with Crippen molar-refractivity contribution in [1.82, 2.24) is 5.32 Å². The molecule has 0 spiro atoms. The molecular weight excluding hydrogens is 680 g/mol. The summed E-state index contributed by atoms with van der Waals surface area (Å²) >= 11 is 0.